The largest absolute Gasteiger partial charge is 0.264 e. The monoisotopic (exact) mass is 351 g/mol. The molecule has 22 heavy (non-hydrogen) atoms. The summed E-state index contributed by atoms with van der Waals surface area (Å²) in [6.07, 6.45) is 4.05. The van der Waals surface area contributed by atoms with Crippen LogP contribution in [0.15, 0.2) is 51.6 Å². The minimum Gasteiger partial charge on any atom is -0.264 e. The van der Waals surface area contributed by atoms with Crippen LogP contribution in [0.3, 0.4) is 0 Å². The minimum atomic E-state index is -3.40. The van der Waals surface area contributed by atoms with Crippen LogP contribution in [0.4, 0.5) is 0 Å². The van der Waals surface area contributed by atoms with Crippen molar-refractivity contribution in [3.05, 3.63) is 52.4 Å². The third kappa shape index (κ3) is 3.58. The van der Waals surface area contributed by atoms with Crippen LogP contribution in [0.5, 0.6) is 0 Å². The highest BCUT2D eigenvalue weighted by Gasteiger charge is 2.14. The molecule has 0 aliphatic heterocycles. The lowest BCUT2D eigenvalue weighted by Gasteiger charge is -2.02. The molecular formula is C14H13N3O2S3. The molecule has 0 amide bonds. The number of nitrogens with zero attached hydrogens (tertiary/aromatic N) is 2. The van der Waals surface area contributed by atoms with E-state index in [1.807, 2.05) is 17.5 Å². The molecule has 1 N–H and O–H groups in total. The van der Waals surface area contributed by atoms with Crippen molar-refractivity contribution in [3.8, 4) is 11.3 Å². The van der Waals surface area contributed by atoms with Gasteiger partial charge in [0.2, 0.25) is 10.0 Å². The van der Waals surface area contributed by atoms with E-state index in [4.69, 9.17) is 0 Å². The number of hydrogen-bond donors (Lipinski definition) is 1. The number of thiazole rings is 1. The van der Waals surface area contributed by atoms with E-state index in [1.165, 1.54) is 22.7 Å². The van der Waals surface area contributed by atoms with Gasteiger partial charge in [0, 0.05) is 36.3 Å². The Hall–Kier alpha value is -1.61. The van der Waals surface area contributed by atoms with E-state index in [2.05, 4.69) is 14.7 Å². The fourth-order valence-corrected chi connectivity index (χ4v) is 4.73. The van der Waals surface area contributed by atoms with Gasteiger partial charge in [-0.25, -0.2) is 18.1 Å². The topological polar surface area (TPSA) is 72.0 Å². The van der Waals surface area contributed by atoms with E-state index in [1.54, 1.807) is 29.9 Å². The van der Waals surface area contributed by atoms with Crippen LogP contribution in [0.1, 0.15) is 5.01 Å². The smallest absolute Gasteiger partial charge is 0.250 e. The van der Waals surface area contributed by atoms with E-state index in [9.17, 15) is 8.42 Å². The van der Waals surface area contributed by atoms with Gasteiger partial charge in [-0.3, -0.25) is 4.98 Å². The Balaban J connectivity index is 1.60. The number of sulfonamides is 1. The van der Waals surface area contributed by atoms with Crippen LogP contribution >= 0.6 is 22.7 Å². The van der Waals surface area contributed by atoms with Crippen molar-refractivity contribution in [1.82, 2.24) is 14.7 Å². The first-order valence-corrected chi connectivity index (χ1v) is 9.77. The summed E-state index contributed by atoms with van der Waals surface area (Å²) in [5.41, 5.74) is 1.83. The third-order valence-corrected chi connectivity index (χ3v) is 6.67. The molecule has 3 aromatic rings. The number of rotatable bonds is 6. The van der Waals surface area contributed by atoms with Crippen molar-refractivity contribution >= 4 is 32.7 Å². The van der Waals surface area contributed by atoms with Crippen LogP contribution in [0, 0.1) is 0 Å². The maximum Gasteiger partial charge on any atom is 0.250 e. The van der Waals surface area contributed by atoms with Gasteiger partial charge in [0.25, 0.3) is 0 Å². The highest BCUT2D eigenvalue weighted by molar-refractivity contribution is 7.91. The zero-order valence-electron chi connectivity index (χ0n) is 11.5. The van der Waals surface area contributed by atoms with Crippen LogP contribution in [0.25, 0.3) is 11.3 Å². The van der Waals surface area contributed by atoms with Gasteiger partial charge in [-0.15, -0.1) is 22.7 Å². The first kappa shape index (κ1) is 15.3. The molecule has 0 aromatic carbocycles. The highest BCUT2D eigenvalue weighted by Crippen LogP contribution is 2.21. The van der Waals surface area contributed by atoms with E-state index in [0.717, 1.165) is 16.3 Å². The van der Waals surface area contributed by atoms with Crippen LogP contribution in [0.2, 0.25) is 0 Å². The Bertz CT molecular complexity index is 827. The van der Waals surface area contributed by atoms with E-state index >= 15 is 0 Å². The van der Waals surface area contributed by atoms with Crippen LogP contribution in [-0.4, -0.2) is 24.9 Å². The molecule has 0 bridgehead atoms. The zero-order valence-corrected chi connectivity index (χ0v) is 13.9. The minimum absolute atomic E-state index is 0.334. The van der Waals surface area contributed by atoms with Gasteiger partial charge in [-0.1, -0.05) is 6.07 Å². The van der Waals surface area contributed by atoms with Crippen molar-refractivity contribution < 1.29 is 8.42 Å². The molecule has 0 spiro atoms. The summed E-state index contributed by atoms with van der Waals surface area (Å²) in [5.74, 6) is 0. The van der Waals surface area contributed by atoms with Gasteiger partial charge >= 0.3 is 0 Å². The molecule has 0 aliphatic carbocycles. The fourth-order valence-electron chi connectivity index (χ4n) is 1.85. The van der Waals surface area contributed by atoms with Crippen LogP contribution < -0.4 is 4.72 Å². The van der Waals surface area contributed by atoms with E-state index < -0.39 is 10.0 Å². The zero-order chi connectivity index (χ0) is 15.4. The summed E-state index contributed by atoms with van der Waals surface area (Å²) in [6.45, 7) is 0.334. The Morgan fingerprint density at radius 1 is 1.18 bits per heavy atom. The van der Waals surface area contributed by atoms with Gasteiger partial charge in [-0.2, -0.15) is 0 Å². The SMILES string of the molecule is O=S(=O)(NCCc1nc(-c2cccnc2)cs1)c1cccs1. The molecule has 0 fully saturated rings. The van der Waals surface area contributed by atoms with Crippen molar-refractivity contribution in [2.24, 2.45) is 0 Å². The summed E-state index contributed by atoms with van der Waals surface area (Å²) in [7, 11) is -3.40. The number of aromatic nitrogens is 2. The Morgan fingerprint density at radius 3 is 2.82 bits per heavy atom. The van der Waals surface area contributed by atoms with E-state index in [0.29, 0.717) is 17.2 Å². The van der Waals surface area contributed by atoms with Crippen LogP contribution in [-0.2, 0) is 16.4 Å². The number of thiophene rings is 1. The molecule has 3 aromatic heterocycles. The number of nitrogens with one attached hydrogen (secondary N) is 1. The third-order valence-electron chi connectivity index (χ3n) is 2.90. The number of pyridine rings is 1. The van der Waals surface area contributed by atoms with Crippen molar-refractivity contribution in [2.45, 2.75) is 10.6 Å². The second kappa shape index (κ2) is 6.66. The Kier molecular flexibility index (Phi) is 4.63. The van der Waals surface area contributed by atoms with Gasteiger partial charge in [0.1, 0.15) is 4.21 Å². The average Bonchev–Trinajstić information content (AvgIpc) is 3.20. The summed E-state index contributed by atoms with van der Waals surface area (Å²) < 4.78 is 26.9. The lowest BCUT2D eigenvalue weighted by Crippen LogP contribution is -2.25. The quantitative estimate of drug-likeness (QED) is 0.741. The standard InChI is InChI=1S/C14H13N3O2S3/c18-22(19,14-4-2-8-20-14)16-7-5-13-17-12(10-21-13)11-3-1-6-15-9-11/h1-4,6,8-10,16H,5,7H2. The predicted octanol–water partition coefficient (Wildman–Crippen LogP) is 2.79. The molecule has 0 atom stereocenters. The Labute approximate surface area is 136 Å². The Morgan fingerprint density at radius 2 is 2.09 bits per heavy atom. The molecular weight excluding hydrogens is 338 g/mol. The summed E-state index contributed by atoms with van der Waals surface area (Å²) >= 11 is 2.73. The molecule has 0 aliphatic rings. The normalized spacial score (nSPS) is 11.6. The summed E-state index contributed by atoms with van der Waals surface area (Å²) in [6, 6.07) is 7.13. The van der Waals surface area contributed by atoms with Gasteiger partial charge < -0.3 is 0 Å². The average molecular weight is 351 g/mol. The second-order valence-electron chi connectivity index (χ2n) is 4.45. The maximum atomic E-state index is 12.0. The van der Waals surface area contributed by atoms with Gasteiger partial charge in [0.05, 0.1) is 10.7 Å². The van der Waals surface area contributed by atoms with Crippen molar-refractivity contribution in [1.29, 1.82) is 0 Å². The molecule has 0 radical (unpaired) electrons. The molecule has 0 saturated carbocycles. The second-order valence-corrected chi connectivity index (χ2v) is 8.33. The van der Waals surface area contributed by atoms with Gasteiger partial charge in [0.15, 0.2) is 0 Å². The summed E-state index contributed by atoms with van der Waals surface area (Å²) in [4.78, 5) is 8.58. The fraction of sp³-hybridized carbons (Fsp3) is 0.143. The molecule has 8 heteroatoms. The molecule has 3 rings (SSSR count). The summed E-state index contributed by atoms with van der Waals surface area (Å²) in [5, 5.41) is 4.60. The first-order chi connectivity index (χ1) is 10.6. The highest BCUT2D eigenvalue weighted by atomic mass is 32.2. The molecule has 0 saturated heterocycles. The lowest BCUT2D eigenvalue weighted by atomic mass is 10.2. The molecule has 114 valence electrons. The molecule has 0 unspecified atom stereocenters. The maximum absolute atomic E-state index is 12.0. The van der Waals surface area contributed by atoms with Gasteiger partial charge in [-0.05, 0) is 23.6 Å². The van der Waals surface area contributed by atoms with Crippen molar-refractivity contribution in [3.63, 3.8) is 0 Å². The van der Waals surface area contributed by atoms with Crippen molar-refractivity contribution in [2.75, 3.05) is 6.54 Å². The predicted molar refractivity (Wildman–Crippen MR) is 88.6 cm³/mol. The first-order valence-electron chi connectivity index (χ1n) is 6.53. The molecule has 5 nitrogen and oxygen atoms in total. The lowest BCUT2D eigenvalue weighted by molar-refractivity contribution is 0.583. The van der Waals surface area contributed by atoms with E-state index in [-0.39, 0.29) is 0 Å². The molecule has 3 heterocycles. The number of hydrogen-bond acceptors (Lipinski definition) is 6.